The van der Waals surface area contributed by atoms with Crippen LogP contribution in [-0.2, 0) is 11.3 Å². The molecule has 0 unspecified atom stereocenters. The number of carbonyl (C=O) groups is 1. The molecule has 9 heteroatoms. The molecule has 0 bridgehead atoms. The second kappa shape index (κ2) is 9.83. The first-order valence-electron chi connectivity index (χ1n) is 8.79. The molecule has 1 amide bonds. The van der Waals surface area contributed by atoms with E-state index in [1.165, 1.54) is 11.8 Å². The average molecular weight is 414 g/mol. The van der Waals surface area contributed by atoms with E-state index in [4.69, 9.17) is 14.2 Å². The molecule has 29 heavy (non-hydrogen) atoms. The monoisotopic (exact) mass is 414 g/mol. The van der Waals surface area contributed by atoms with Gasteiger partial charge in [0, 0.05) is 17.8 Å². The van der Waals surface area contributed by atoms with Crippen molar-refractivity contribution < 1.29 is 19.0 Å². The number of aromatic nitrogens is 3. The number of rotatable bonds is 9. The van der Waals surface area contributed by atoms with Gasteiger partial charge in [0.1, 0.15) is 23.6 Å². The van der Waals surface area contributed by atoms with Gasteiger partial charge in [-0.15, -0.1) is 10.2 Å². The van der Waals surface area contributed by atoms with Crippen LogP contribution in [-0.4, -0.2) is 47.8 Å². The zero-order valence-electron chi connectivity index (χ0n) is 16.4. The van der Waals surface area contributed by atoms with Crippen molar-refractivity contribution in [1.82, 2.24) is 20.1 Å². The van der Waals surface area contributed by atoms with Gasteiger partial charge >= 0.3 is 0 Å². The Morgan fingerprint density at radius 1 is 1.03 bits per heavy atom. The van der Waals surface area contributed by atoms with E-state index in [-0.39, 0.29) is 11.7 Å². The third-order valence-electron chi connectivity index (χ3n) is 4.16. The van der Waals surface area contributed by atoms with E-state index < -0.39 is 0 Å². The lowest BCUT2D eigenvalue weighted by molar-refractivity contribution is -0.118. The standard InChI is InChI=1S/C20H22N4O4S/c1-26-16-6-4-15(5-7-16)24-13-22-23-20(24)29-12-19(25)21-11-14-10-17(27-2)8-9-18(14)28-3/h4-10,13H,11-12H2,1-3H3,(H,21,25). The molecular formula is C20H22N4O4S. The van der Waals surface area contributed by atoms with E-state index in [2.05, 4.69) is 15.5 Å². The summed E-state index contributed by atoms with van der Waals surface area (Å²) >= 11 is 1.31. The SMILES string of the molecule is COc1ccc(-n2cnnc2SCC(=O)NCc2cc(OC)ccc2OC)cc1. The highest BCUT2D eigenvalue weighted by Gasteiger charge is 2.12. The number of nitrogens with one attached hydrogen (secondary N) is 1. The second-order valence-corrected chi connectivity index (χ2v) is 6.87. The Morgan fingerprint density at radius 2 is 1.76 bits per heavy atom. The molecule has 152 valence electrons. The molecule has 0 aliphatic heterocycles. The minimum absolute atomic E-state index is 0.121. The Labute approximate surface area is 173 Å². The van der Waals surface area contributed by atoms with Crippen molar-refractivity contribution in [2.75, 3.05) is 27.1 Å². The smallest absolute Gasteiger partial charge is 0.230 e. The number of methoxy groups -OCH3 is 3. The maximum atomic E-state index is 12.3. The van der Waals surface area contributed by atoms with Crippen LogP contribution in [0.2, 0.25) is 0 Å². The summed E-state index contributed by atoms with van der Waals surface area (Å²) in [4.78, 5) is 12.3. The summed E-state index contributed by atoms with van der Waals surface area (Å²) in [5.41, 5.74) is 1.73. The maximum absolute atomic E-state index is 12.3. The van der Waals surface area contributed by atoms with Gasteiger partial charge in [0.05, 0.1) is 27.1 Å². The maximum Gasteiger partial charge on any atom is 0.230 e. The number of nitrogens with zero attached hydrogens (tertiary/aromatic N) is 3. The summed E-state index contributed by atoms with van der Waals surface area (Å²) in [5, 5.41) is 11.6. The van der Waals surface area contributed by atoms with Crippen LogP contribution >= 0.6 is 11.8 Å². The Kier molecular flexibility index (Phi) is 6.96. The minimum Gasteiger partial charge on any atom is -0.497 e. The van der Waals surface area contributed by atoms with Gasteiger partial charge in [-0.25, -0.2) is 0 Å². The number of amides is 1. The van der Waals surface area contributed by atoms with E-state index in [9.17, 15) is 4.79 Å². The summed E-state index contributed by atoms with van der Waals surface area (Å²) in [7, 11) is 4.81. The summed E-state index contributed by atoms with van der Waals surface area (Å²) in [6, 6.07) is 13.0. The molecule has 2 aromatic carbocycles. The Morgan fingerprint density at radius 3 is 2.45 bits per heavy atom. The van der Waals surface area contributed by atoms with Crippen LogP contribution in [0.15, 0.2) is 53.9 Å². The second-order valence-electron chi connectivity index (χ2n) is 5.92. The van der Waals surface area contributed by atoms with Crippen LogP contribution in [0.3, 0.4) is 0 Å². The predicted octanol–water partition coefficient (Wildman–Crippen LogP) is 2.70. The summed E-state index contributed by atoms with van der Waals surface area (Å²) in [5.74, 6) is 2.25. The van der Waals surface area contributed by atoms with Crippen molar-refractivity contribution in [3.63, 3.8) is 0 Å². The van der Waals surface area contributed by atoms with Crippen LogP contribution in [0.1, 0.15) is 5.56 Å². The van der Waals surface area contributed by atoms with E-state index in [1.807, 2.05) is 47.0 Å². The van der Waals surface area contributed by atoms with Crippen molar-refractivity contribution in [1.29, 1.82) is 0 Å². The zero-order valence-corrected chi connectivity index (χ0v) is 17.2. The Balaban J connectivity index is 1.59. The molecule has 1 heterocycles. The third-order valence-corrected chi connectivity index (χ3v) is 5.11. The van der Waals surface area contributed by atoms with Crippen molar-refractivity contribution in [3.05, 3.63) is 54.4 Å². The van der Waals surface area contributed by atoms with Crippen LogP contribution in [0, 0.1) is 0 Å². The molecule has 1 aromatic heterocycles. The Hall–Kier alpha value is -3.20. The molecule has 0 saturated heterocycles. The van der Waals surface area contributed by atoms with Crippen molar-refractivity contribution in [2.45, 2.75) is 11.7 Å². The van der Waals surface area contributed by atoms with Crippen molar-refractivity contribution in [2.24, 2.45) is 0 Å². The normalized spacial score (nSPS) is 10.4. The van der Waals surface area contributed by atoms with Gasteiger partial charge in [-0.2, -0.15) is 0 Å². The fourth-order valence-electron chi connectivity index (χ4n) is 2.64. The van der Waals surface area contributed by atoms with Gasteiger partial charge in [-0.1, -0.05) is 11.8 Å². The number of carbonyl (C=O) groups excluding carboxylic acids is 1. The van der Waals surface area contributed by atoms with E-state index in [0.29, 0.717) is 23.2 Å². The highest BCUT2D eigenvalue weighted by molar-refractivity contribution is 7.99. The number of benzene rings is 2. The molecular weight excluding hydrogens is 392 g/mol. The summed E-state index contributed by atoms with van der Waals surface area (Å²) in [6.07, 6.45) is 1.61. The lowest BCUT2D eigenvalue weighted by Crippen LogP contribution is -2.25. The van der Waals surface area contributed by atoms with Crippen LogP contribution < -0.4 is 19.5 Å². The molecule has 0 radical (unpaired) electrons. The van der Waals surface area contributed by atoms with E-state index in [0.717, 1.165) is 17.0 Å². The largest absolute Gasteiger partial charge is 0.497 e. The molecule has 0 atom stereocenters. The van der Waals surface area contributed by atoms with Gasteiger partial charge in [0.25, 0.3) is 0 Å². The number of thioether (sulfide) groups is 1. The topological polar surface area (TPSA) is 87.5 Å². The fourth-order valence-corrected chi connectivity index (χ4v) is 3.40. The van der Waals surface area contributed by atoms with Gasteiger partial charge < -0.3 is 19.5 Å². The number of hydrogen-bond donors (Lipinski definition) is 1. The molecule has 0 aliphatic carbocycles. The highest BCUT2D eigenvalue weighted by atomic mass is 32.2. The Bertz CT molecular complexity index is 959. The molecule has 0 fully saturated rings. The van der Waals surface area contributed by atoms with E-state index >= 15 is 0 Å². The molecule has 0 saturated carbocycles. The van der Waals surface area contributed by atoms with Gasteiger partial charge in [0.15, 0.2) is 5.16 Å². The molecule has 3 rings (SSSR count). The van der Waals surface area contributed by atoms with Gasteiger partial charge in [0.2, 0.25) is 5.91 Å². The first-order chi connectivity index (χ1) is 14.1. The summed E-state index contributed by atoms with van der Waals surface area (Å²) in [6.45, 7) is 0.338. The molecule has 0 aliphatic rings. The molecule has 8 nitrogen and oxygen atoms in total. The van der Waals surface area contributed by atoms with Crippen LogP contribution in [0.4, 0.5) is 0 Å². The first kappa shape index (κ1) is 20.5. The van der Waals surface area contributed by atoms with Gasteiger partial charge in [-0.05, 0) is 42.5 Å². The highest BCUT2D eigenvalue weighted by Crippen LogP contribution is 2.24. The summed E-state index contributed by atoms with van der Waals surface area (Å²) < 4.78 is 17.6. The minimum atomic E-state index is -0.121. The average Bonchev–Trinajstić information content (AvgIpc) is 3.24. The lowest BCUT2D eigenvalue weighted by atomic mass is 10.2. The lowest BCUT2D eigenvalue weighted by Gasteiger charge is -2.11. The third kappa shape index (κ3) is 5.20. The fraction of sp³-hybridized carbons (Fsp3) is 0.250. The van der Waals surface area contributed by atoms with Crippen LogP contribution in [0.5, 0.6) is 17.2 Å². The van der Waals surface area contributed by atoms with Crippen LogP contribution in [0.25, 0.3) is 5.69 Å². The quantitative estimate of drug-likeness (QED) is 0.539. The van der Waals surface area contributed by atoms with Gasteiger partial charge in [-0.3, -0.25) is 9.36 Å². The van der Waals surface area contributed by atoms with E-state index in [1.54, 1.807) is 27.7 Å². The number of hydrogen-bond acceptors (Lipinski definition) is 7. The molecule has 1 N–H and O–H groups in total. The van der Waals surface area contributed by atoms with Crippen molar-refractivity contribution >= 4 is 17.7 Å². The molecule has 0 spiro atoms. The molecule has 3 aromatic rings. The van der Waals surface area contributed by atoms with Crippen molar-refractivity contribution in [3.8, 4) is 22.9 Å². The predicted molar refractivity (Wildman–Crippen MR) is 110 cm³/mol. The first-order valence-corrected chi connectivity index (χ1v) is 9.78. The number of ether oxygens (including phenoxy) is 3. The zero-order chi connectivity index (χ0) is 20.6.